The third-order valence-corrected chi connectivity index (χ3v) is 5.02. The fraction of sp³-hybridized carbons (Fsp3) is 0.435. The number of carbonyl (C=O) groups excluding carboxylic acids is 5. The van der Waals surface area contributed by atoms with Gasteiger partial charge in [0.25, 0.3) is 5.91 Å². The molecule has 11 nitrogen and oxygen atoms in total. The zero-order chi connectivity index (χ0) is 26.4. The maximum Gasteiger partial charge on any atom is 0.408 e. The van der Waals surface area contributed by atoms with Gasteiger partial charge in [-0.2, -0.15) is 11.8 Å². The first kappa shape index (κ1) is 29.3. The van der Waals surface area contributed by atoms with Crippen LogP contribution in [0.2, 0.25) is 0 Å². The van der Waals surface area contributed by atoms with Gasteiger partial charge in [-0.05, 0) is 44.4 Å². The van der Waals surface area contributed by atoms with E-state index in [-0.39, 0.29) is 5.75 Å². The number of hydrogen-bond acceptors (Lipinski definition) is 8. The van der Waals surface area contributed by atoms with Crippen LogP contribution in [-0.4, -0.2) is 67.2 Å². The number of alkyl carbamates (subject to hydrolysis) is 1. The van der Waals surface area contributed by atoms with Gasteiger partial charge in [0.2, 0.25) is 17.6 Å². The molecule has 1 atom stereocenters. The molecule has 4 amide bonds. The van der Waals surface area contributed by atoms with Crippen molar-refractivity contribution in [2.24, 2.45) is 5.73 Å². The average Bonchev–Trinajstić information content (AvgIpc) is 2.78. The number of amides is 4. The van der Waals surface area contributed by atoms with Crippen molar-refractivity contribution in [2.45, 2.75) is 38.2 Å². The van der Waals surface area contributed by atoms with Gasteiger partial charge in [0.1, 0.15) is 17.4 Å². The second-order valence-electron chi connectivity index (χ2n) is 8.09. The molecule has 35 heavy (non-hydrogen) atoms. The molecule has 1 rings (SSSR count). The van der Waals surface area contributed by atoms with Crippen LogP contribution in [0.3, 0.4) is 0 Å². The van der Waals surface area contributed by atoms with Crippen LogP contribution in [-0.2, 0) is 29.7 Å². The van der Waals surface area contributed by atoms with E-state index in [9.17, 15) is 24.0 Å². The highest BCUT2D eigenvalue weighted by atomic mass is 32.2. The van der Waals surface area contributed by atoms with Crippen LogP contribution in [0, 0.1) is 11.8 Å². The molecule has 0 bridgehead atoms. The van der Waals surface area contributed by atoms with E-state index in [0.29, 0.717) is 5.75 Å². The molecule has 0 spiro atoms. The molecule has 0 fully saturated rings. The largest absolute Gasteiger partial charge is 0.497 e. The van der Waals surface area contributed by atoms with Crippen molar-refractivity contribution in [3.05, 3.63) is 29.8 Å². The number of thioether (sulfide) groups is 1. The molecule has 0 heterocycles. The smallest absolute Gasteiger partial charge is 0.408 e. The van der Waals surface area contributed by atoms with E-state index in [1.807, 2.05) is 36.1 Å². The summed E-state index contributed by atoms with van der Waals surface area (Å²) in [6.45, 7) is 4.19. The summed E-state index contributed by atoms with van der Waals surface area (Å²) in [5, 5.41) is 7.19. The molecule has 0 saturated heterocycles. The minimum Gasteiger partial charge on any atom is -0.497 e. The normalized spacial score (nSPS) is 11.2. The van der Waals surface area contributed by atoms with Gasteiger partial charge in [0, 0.05) is 17.4 Å². The van der Waals surface area contributed by atoms with Crippen molar-refractivity contribution in [3.63, 3.8) is 0 Å². The minimum atomic E-state index is -0.982. The zero-order valence-electron chi connectivity index (χ0n) is 20.1. The first-order valence-electron chi connectivity index (χ1n) is 10.5. The Labute approximate surface area is 208 Å². The molecule has 190 valence electrons. The Hall–Kier alpha value is -3.72. The number of primary amides is 1. The van der Waals surface area contributed by atoms with E-state index in [2.05, 4.69) is 16.0 Å². The van der Waals surface area contributed by atoms with Crippen LogP contribution in [0.1, 0.15) is 26.3 Å². The summed E-state index contributed by atoms with van der Waals surface area (Å²) in [5.74, 6) is 2.38. The summed E-state index contributed by atoms with van der Waals surface area (Å²) in [6, 6.07) is 6.44. The standard InChI is InChI=1S/C23H30N4O7S/c1-23(2,3)34-22(32)27-18(14-35-13-15-5-8-17(33-4)9-6-15)21(31)26-12-20(30)25-11-16(28)7-10-19(24)29/h5-6,8-9,18H,11-14H2,1-4H3,(H2,24,29)(H,25,30)(H,26,31)(H,27,32)/t18-/m0/s1. The van der Waals surface area contributed by atoms with E-state index < -0.39 is 54.3 Å². The molecule has 1 aromatic rings. The van der Waals surface area contributed by atoms with E-state index in [1.54, 1.807) is 27.9 Å². The summed E-state index contributed by atoms with van der Waals surface area (Å²) >= 11 is 1.40. The maximum atomic E-state index is 12.7. The molecule has 1 aromatic carbocycles. The Balaban J connectivity index is 2.65. The Bertz CT molecular complexity index is 978. The summed E-state index contributed by atoms with van der Waals surface area (Å²) in [4.78, 5) is 58.8. The first-order chi connectivity index (χ1) is 16.4. The fourth-order valence-corrected chi connectivity index (χ4v) is 3.37. The summed E-state index contributed by atoms with van der Waals surface area (Å²) in [6.07, 6.45) is -0.772. The number of nitrogens with one attached hydrogen (secondary N) is 3. The summed E-state index contributed by atoms with van der Waals surface area (Å²) < 4.78 is 10.4. The van der Waals surface area contributed by atoms with E-state index in [1.165, 1.54) is 11.8 Å². The Kier molecular flexibility index (Phi) is 12.2. The molecule has 0 radical (unpaired) electrons. The molecule has 0 aliphatic rings. The van der Waals surface area contributed by atoms with Crippen molar-refractivity contribution in [1.82, 2.24) is 16.0 Å². The van der Waals surface area contributed by atoms with Gasteiger partial charge in [-0.1, -0.05) is 12.1 Å². The number of Topliss-reactive ketones (excluding diaryl/α,β-unsaturated/α-hetero) is 1. The highest BCUT2D eigenvalue weighted by Crippen LogP contribution is 2.17. The number of benzene rings is 1. The van der Waals surface area contributed by atoms with E-state index in [0.717, 1.165) is 11.3 Å². The molecule has 5 N–H and O–H groups in total. The van der Waals surface area contributed by atoms with Crippen LogP contribution >= 0.6 is 11.8 Å². The SMILES string of the molecule is COc1ccc(CSC[C@H](NC(=O)OC(C)(C)C)C(=O)NCC(=O)NCC(=O)C#CC(N)=O)cc1. The number of ketones is 1. The van der Waals surface area contributed by atoms with Gasteiger partial charge in [0.15, 0.2) is 0 Å². The number of methoxy groups -OCH3 is 1. The number of nitrogens with two attached hydrogens (primary N) is 1. The Morgan fingerprint density at radius 2 is 1.69 bits per heavy atom. The second-order valence-corrected chi connectivity index (χ2v) is 9.12. The number of hydrogen-bond donors (Lipinski definition) is 4. The van der Waals surface area contributed by atoms with Crippen molar-refractivity contribution in [2.75, 3.05) is 26.0 Å². The lowest BCUT2D eigenvalue weighted by atomic mass is 10.2. The van der Waals surface area contributed by atoms with E-state index >= 15 is 0 Å². The number of carbonyl (C=O) groups is 5. The quantitative estimate of drug-likeness (QED) is 0.242. The summed E-state index contributed by atoms with van der Waals surface area (Å²) in [5.41, 5.74) is 5.05. The van der Waals surface area contributed by atoms with Crippen LogP contribution in [0.4, 0.5) is 4.79 Å². The van der Waals surface area contributed by atoms with Crippen LogP contribution in [0.25, 0.3) is 0 Å². The Morgan fingerprint density at radius 1 is 1.03 bits per heavy atom. The van der Waals surface area contributed by atoms with E-state index in [4.69, 9.17) is 15.2 Å². The van der Waals surface area contributed by atoms with Crippen LogP contribution in [0.5, 0.6) is 5.75 Å². The molecular weight excluding hydrogens is 476 g/mol. The van der Waals surface area contributed by atoms with Gasteiger partial charge in [-0.15, -0.1) is 0 Å². The molecule has 0 unspecified atom stereocenters. The maximum absolute atomic E-state index is 12.7. The number of ether oxygens (including phenoxy) is 2. The molecule has 0 saturated carbocycles. The van der Waals surface area contributed by atoms with Crippen molar-refractivity contribution in [3.8, 4) is 17.6 Å². The molecule has 12 heteroatoms. The van der Waals surface area contributed by atoms with Gasteiger partial charge in [-0.3, -0.25) is 19.2 Å². The van der Waals surface area contributed by atoms with Gasteiger partial charge in [-0.25, -0.2) is 4.79 Å². The molecular formula is C23H30N4O7S. The fourth-order valence-electron chi connectivity index (χ4n) is 2.36. The predicted molar refractivity (Wildman–Crippen MR) is 130 cm³/mol. The highest BCUT2D eigenvalue weighted by Gasteiger charge is 2.24. The molecule has 0 aliphatic heterocycles. The van der Waals surface area contributed by atoms with Gasteiger partial charge in [0.05, 0.1) is 20.2 Å². The lowest BCUT2D eigenvalue weighted by Gasteiger charge is -2.23. The van der Waals surface area contributed by atoms with Gasteiger partial charge < -0.3 is 31.2 Å². The monoisotopic (exact) mass is 506 g/mol. The van der Waals surface area contributed by atoms with Crippen LogP contribution in [0.15, 0.2) is 24.3 Å². The highest BCUT2D eigenvalue weighted by molar-refractivity contribution is 7.98. The second kappa shape index (κ2) is 14.5. The Morgan fingerprint density at radius 3 is 2.26 bits per heavy atom. The lowest BCUT2D eigenvalue weighted by Crippen LogP contribution is -2.51. The van der Waals surface area contributed by atoms with Crippen molar-refractivity contribution < 1.29 is 33.4 Å². The zero-order valence-corrected chi connectivity index (χ0v) is 20.9. The van der Waals surface area contributed by atoms with Gasteiger partial charge >= 0.3 is 6.09 Å². The topological polar surface area (TPSA) is 166 Å². The third kappa shape index (κ3) is 13.5. The number of rotatable bonds is 11. The average molecular weight is 507 g/mol. The molecule has 0 aliphatic carbocycles. The predicted octanol–water partition coefficient (Wildman–Crippen LogP) is 0.112. The minimum absolute atomic E-state index is 0.208. The first-order valence-corrected chi connectivity index (χ1v) is 11.6. The van der Waals surface area contributed by atoms with Crippen molar-refractivity contribution in [1.29, 1.82) is 0 Å². The molecule has 0 aromatic heterocycles. The lowest BCUT2D eigenvalue weighted by molar-refractivity contribution is -0.127. The van der Waals surface area contributed by atoms with Crippen LogP contribution < -0.4 is 26.4 Å². The van der Waals surface area contributed by atoms with Crippen molar-refractivity contribution >= 4 is 41.4 Å². The third-order valence-electron chi connectivity index (χ3n) is 3.91. The summed E-state index contributed by atoms with van der Waals surface area (Å²) in [7, 11) is 1.57.